The molecular weight excluding hydrogens is 200 g/mol. The Kier molecular flexibility index (Phi) is 1.96. The summed E-state index contributed by atoms with van der Waals surface area (Å²) in [5.74, 6) is -0.491. The van der Waals surface area contributed by atoms with Crippen molar-refractivity contribution in [1.29, 1.82) is 0 Å². The molecule has 8 nitrogen and oxygen atoms in total. The zero-order valence-electron chi connectivity index (χ0n) is 7.86. The second kappa shape index (κ2) is 3.15. The molecule has 78 valence electrons. The third kappa shape index (κ3) is 1.26. The molecule has 0 radical (unpaired) electrons. The SMILES string of the molecule is CN1N=Nc2c(C(N)=O)ncn2C1C=O. The van der Waals surface area contributed by atoms with Gasteiger partial charge in [-0.15, -0.1) is 5.11 Å². The van der Waals surface area contributed by atoms with Crippen molar-refractivity contribution in [1.82, 2.24) is 14.6 Å². The smallest absolute Gasteiger partial charge is 0.271 e. The van der Waals surface area contributed by atoms with Gasteiger partial charge in [0.1, 0.15) is 0 Å². The van der Waals surface area contributed by atoms with Gasteiger partial charge < -0.3 is 5.73 Å². The molecule has 0 bridgehead atoms. The van der Waals surface area contributed by atoms with E-state index in [1.54, 1.807) is 7.05 Å². The normalized spacial score (nSPS) is 18.7. The number of likely N-dealkylation sites (N-methyl/N-ethyl adjacent to an activating group) is 1. The minimum absolute atomic E-state index is 0.0127. The molecule has 0 spiro atoms. The fraction of sp³-hybridized carbons (Fsp3) is 0.286. The molecule has 8 heteroatoms. The lowest BCUT2D eigenvalue weighted by Gasteiger charge is -2.24. The van der Waals surface area contributed by atoms with Crippen LogP contribution in [0.2, 0.25) is 0 Å². The molecule has 0 fully saturated rings. The molecule has 2 N–H and O–H groups in total. The van der Waals surface area contributed by atoms with Gasteiger partial charge in [-0.05, 0) is 0 Å². The van der Waals surface area contributed by atoms with Crippen LogP contribution in [-0.2, 0) is 4.79 Å². The largest absolute Gasteiger partial charge is 0.364 e. The van der Waals surface area contributed by atoms with E-state index in [-0.39, 0.29) is 11.5 Å². The summed E-state index contributed by atoms with van der Waals surface area (Å²) in [7, 11) is 1.59. The van der Waals surface area contributed by atoms with Gasteiger partial charge >= 0.3 is 0 Å². The number of imidazole rings is 1. The number of carbonyl (C=O) groups is 2. The van der Waals surface area contributed by atoms with Crippen molar-refractivity contribution >= 4 is 18.0 Å². The molecule has 1 unspecified atom stereocenters. The first-order valence-electron chi connectivity index (χ1n) is 4.11. The van der Waals surface area contributed by atoms with E-state index in [4.69, 9.17) is 5.73 Å². The number of nitrogens with zero attached hydrogens (tertiary/aromatic N) is 5. The first-order chi connectivity index (χ1) is 7.15. The Morgan fingerprint density at radius 1 is 1.67 bits per heavy atom. The van der Waals surface area contributed by atoms with Gasteiger partial charge in [-0.3, -0.25) is 19.2 Å². The van der Waals surface area contributed by atoms with Crippen molar-refractivity contribution < 1.29 is 9.59 Å². The zero-order valence-corrected chi connectivity index (χ0v) is 7.86. The molecule has 1 aromatic rings. The molecule has 1 aliphatic rings. The Bertz CT molecular complexity index is 450. The molecule has 2 heterocycles. The highest BCUT2D eigenvalue weighted by Crippen LogP contribution is 2.28. The fourth-order valence-electron chi connectivity index (χ4n) is 1.32. The molecule has 1 amide bonds. The first kappa shape index (κ1) is 9.31. The highest BCUT2D eigenvalue weighted by atomic mass is 16.1. The van der Waals surface area contributed by atoms with Crippen LogP contribution in [0, 0.1) is 0 Å². The predicted molar refractivity (Wildman–Crippen MR) is 48.1 cm³/mol. The monoisotopic (exact) mass is 208 g/mol. The molecule has 0 aromatic carbocycles. The molecule has 1 aliphatic heterocycles. The van der Waals surface area contributed by atoms with E-state index in [0.717, 1.165) is 0 Å². The van der Waals surface area contributed by atoms with Crippen LogP contribution >= 0.6 is 0 Å². The van der Waals surface area contributed by atoms with Crippen LogP contribution in [-0.4, -0.2) is 33.8 Å². The van der Waals surface area contributed by atoms with Crippen molar-refractivity contribution in [3.63, 3.8) is 0 Å². The molecule has 1 atom stereocenters. The second-order valence-electron chi connectivity index (χ2n) is 3.00. The number of hydrogen-bond donors (Lipinski definition) is 1. The molecule has 15 heavy (non-hydrogen) atoms. The summed E-state index contributed by atoms with van der Waals surface area (Å²) >= 11 is 0. The van der Waals surface area contributed by atoms with Crippen molar-refractivity contribution in [3.05, 3.63) is 12.0 Å². The van der Waals surface area contributed by atoms with Gasteiger partial charge in [0.05, 0.1) is 6.33 Å². The number of amides is 1. The Morgan fingerprint density at radius 2 is 2.40 bits per heavy atom. The predicted octanol–water partition coefficient (Wildman–Crippen LogP) is -0.376. The van der Waals surface area contributed by atoms with Gasteiger partial charge in [0, 0.05) is 7.05 Å². The average Bonchev–Trinajstić information content (AvgIpc) is 2.61. The van der Waals surface area contributed by atoms with Gasteiger partial charge in [0.2, 0.25) is 0 Å². The number of aldehydes is 1. The summed E-state index contributed by atoms with van der Waals surface area (Å²) < 4.78 is 1.43. The lowest BCUT2D eigenvalue weighted by atomic mass is 10.4. The zero-order chi connectivity index (χ0) is 11.0. The van der Waals surface area contributed by atoms with Crippen molar-refractivity contribution in [2.75, 3.05) is 7.05 Å². The standard InChI is InChI=1S/C7H8N6O2/c1-12-4(2-14)13-3-9-5(6(8)15)7(13)10-11-12/h2-4H,1H3,(H2,8,15). The van der Waals surface area contributed by atoms with E-state index >= 15 is 0 Å². The highest BCUT2D eigenvalue weighted by molar-refractivity contribution is 5.95. The van der Waals surface area contributed by atoms with Crippen LogP contribution in [0.15, 0.2) is 16.7 Å². The van der Waals surface area contributed by atoms with E-state index < -0.39 is 12.1 Å². The van der Waals surface area contributed by atoms with E-state index in [1.807, 2.05) is 0 Å². The van der Waals surface area contributed by atoms with Crippen LogP contribution in [0.4, 0.5) is 5.82 Å². The molecule has 0 saturated carbocycles. The molecule has 0 saturated heterocycles. The molecule has 0 aliphatic carbocycles. The fourth-order valence-corrected chi connectivity index (χ4v) is 1.32. The number of aromatic nitrogens is 2. The van der Waals surface area contributed by atoms with Gasteiger partial charge in [-0.25, -0.2) is 4.98 Å². The van der Waals surface area contributed by atoms with Crippen molar-refractivity contribution in [2.24, 2.45) is 16.1 Å². The Morgan fingerprint density at radius 3 is 3.00 bits per heavy atom. The first-order valence-corrected chi connectivity index (χ1v) is 4.11. The average molecular weight is 208 g/mol. The number of rotatable bonds is 2. The van der Waals surface area contributed by atoms with Crippen LogP contribution in [0.3, 0.4) is 0 Å². The number of fused-ring (bicyclic) bond motifs is 1. The number of primary amides is 1. The Balaban J connectivity index is 2.55. The summed E-state index contributed by atoms with van der Waals surface area (Å²) in [6.07, 6.45) is 1.37. The summed E-state index contributed by atoms with van der Waals surface area (Å²) in [5.41, 5.74) is 5.10. The minimum atomic E-state index is -0.697. The Hall–Kier alpha value is -2.25. The Labute approximate surface area is 84.4 Å². The summed E-state index contributed by atoms with van der Waals surface area (Å²) in [6, 6.07) is 0. The molecule has 2 rings (SSSR count). The van der Waals surface area contributed by atoms with E-state index in [1.165, 1.54) is 15.9 Å². The summed E-state index contributed by atoms with van der Waals surface area (Å²) in [4.78, 5) is 25.5. The van der Waals surface area contributed by atoms with Gasteiger partial charge in [0.15, 0.2) is 24.0 Å². The number of hydrogen-bond acceptors (Lipinski definition) is 6. The van der Waals surface area contributed by atoms with Crippen LogP contribution in [0.1, 0.15) is 16.7 Å². The quantitative estimate of drug-likeness (QED) is 0.668. The van der Waals surface area contributed by atoms with Gasteiger partial charge in [0.25, 0.3) is 5.91 Å². The third-order valence-electron chi connectivity index (χ3n) is 2.07. The summed E-state index contributed by atoms with van der Waals surface area (Å²) in [6.45, 7) is 0. The lowest BCUT2D eigenvalue weighted by molar-refractivity contribution is -0.115. The van der Waals surface area contributed by atoms with E-state index in [2.05, 4.69) is 15.3 Å². The second-order valence-corrected chi connectivity index (χ2v) is 3.00. The molecular formula is C7H8N6O2. The van der Waals surface area contributed by atoms with E-state index in [0.29, 0.717) is 6.29 Å². The maximum atomic E-state index is 11.0. The summed E-state index contributed by atoms with van der Waals surface area (Å²) in [5, 5.41) is 8.80. The minimum Gasteiger partial charge on any atom is -0.364 e. The third-order valence-corrected chi connectivity index (χ3v) is 2.07. The number of nitrogens with two attached hydrogens (primary N) is 1. The van der Waals surface area contributed by atoms with Crippen molar-refractivity contribution in [3.8, 4) is 0 Å². The maximum absolute atomic E-state index is 11.0. The van der Waals surface area contributed by atoms with E-state index in [9.17, 15) is 9.59 Å². The van der Waals surface area contributed by atoms with Crippen LogP contribution in [0.25, 0.3) is 0 Å². The number of carbonyl (C=O) groups excluding carboxylic acids is 2. The highest BCUT2D eigenvalue weighted by Gasteiger charge is 2.26. The lowest BCUT2D eigenvalue weighted by Crippen LogP contribution is -2.28. The topological polar surface area (TPSA) is 106 Å². The molecule has 1 aromatic heterocycles. The van der Waals surface area contributed by atoms with Crippen LogP contribution in [0.5, 0.6) is 0 Å². The van der Waals surface area contributed by atoms with Crippen LogP contribution < -0.4 is 5.73 Å². The van der Waals surface area contributed by atoms with Gasteiger partial charge in [-0.2, -0.15) is 0 Å². The maximum Gasteiger partial charge on any atom is 0.271 e. The van der Waals surface area contributed by atoms with Crippen molar-refractivity contribution in [2.45, 2.75) is 6.17 Å². The van der Waals surface area contributed by atoms with Gasteiger partial charge in [-0.1, -0.05) is 5.22 Å².